The summed E-state index contributed by atoms with van der Waals surface area (Å²) in [5.41, 5.74) is 6.22. The van der Waals surface area contributed by atoms with Crippen molar-refractivity contribution in [2.45, 2.75) is 23.8 Å². The van der Waals surface area contributed by atoms with Gasteiger partial charge < -0.3 is 10.5 Å². The van der Waals surface area contributed by atoms with E-state index in [1.54, 1.807) is 0 Å². The lowest BCUT2D eigenvalue weighted by atomic mass is 10.2. The Kier molecular flexibility index (Phi) is 4.28. The highest BCUT2D eigenvalue weighted by molar-refractivity contribution is 7.89. The average Bonchev–Trinajstić information content (AvgIpc) is 3.28. The fourth-order valence-corrected chi connectivity index (χ4v) is 3.16. The second-order valence-electron chi connectivity index (χ2n) is 4.83. The van der Waals surface area contributed by atoms with Crippen molar-refractivity contribution in [1.29, 1.82) is 5.26 Å². The van der Waals surface area contributed by atoms with Gasteiger partial charge in [-0.15, -0.1) is 0 Å². The molecular formula is C13H17N3O3S. The molecule has 108 valence electrons. The molecule has 1 aromatic carbocycles. The summed E-state index contributed by atoms with van der Waals surface area (Å²) in [6.45, 7) is 0.205. The predicted molar refractivity (Wildman–Crippen MR) is 73.6 cm³/mol. The zero-order chi connectivity index (χ0) is 14.8. The molecule has 6 nitrogen and oxygen atoms in total. The number of nitrogens with one attached hydrogen (secondary N) is 1. The van der Waals surface area contributed by atoms with E-state index in [-0.39, 0.29) is 23.2 Å². The van der Waals surface area contributed by atoms with Gasteiger partial charge in [0.1, 0.15) is 10.6 Å². The zero-order valence-corrected chi connectivity index (χ0v) is 12.0. The van der Waals surface area contributed by atoms with E-state index in [0.29, 0.717) is 11.5 Å². The number of nitriles is 1. The Hall–Kier alpha value is -1.62. The quantitative estimate of drug-likeness (QED) is 0.798. The van der Waals surface area contributed by atoms with Gasteiger partial charge in [-0.05, 0) is 37.0 Å². The Balaban J connectivity index is 2.17. The molecule has 0 heterocycles. The van der Waals surface area contributed by atoms with E-state index < -0.39 is 10.0 Å². The van der Waals surface area contributed by atoms with Gasteiger partial charge in [-0.2, -0.15) is 5.26 Å². The van der Waals surface area contributed by atoms with Crippen LogP contribution >= 0.6 is 0 Å². The van der Waals surface area contributed by atoms with Crippen LogP contribution in [0, 0.1) is 17.2 Å². The van der Waals surface area contributed by atoms with Crippen molar-refractivity contribution in [3.8, 4) is 11.8 Å². The fourth-order valence-electron chi connectivity index (χ4n) is 1.93. The molecule has 7 heteroatoms. The number of nitrogens with zero attached hydrogens (tertiary/aromatic N) is 1. The van der Waals surface area contributed by atoms with Crippen LogP contribution in [0.4, 0.5) is 0 Å². The van der Waals surface area contributed by atoms with E-state index in [9.17, 15) is 8.42 Å². The second-order valence-corrected chi connectivity index (χ2v) is 6.57. The maximum absolute atomic E-state index is 12.2. The van der Waals surface area contributed by atoms with E-state index in [1.165, 1.54) is 25.3 Å². The van der Waals surface area contributed by atoms with Crippen molar-refractivity contribution in [2.24, 2.45) is 11.7 Å². The monoisotopic (exact) mass is 295 g/mol. The third kappa shape index (κ3) is 3.28. The molecule has 0 amide bonds. The summed E-state index contributed by atoms with van der Waals surface area (Å²) in [4.78, 5) is 0.0157. The summed E-state index contributed by atoms with van der Waals surface area (Å²) >= 11 is 0. The van der Waals surface area contributed by atoms with Crippen LogP contribution in [-0.4, -0.2) is 28.1 Å². The Morgan fingerprint density at radius 1 is 1.55 bits per heavy atom. The molecule has 1 aromatic rings. The summed E-state index contributed by atoms with van der Waals surface area (Å²) < 4.78 is 32.0. The molecule has 1 saturated carbocycles. The molecule has 0 saturated heterocycles. The van der Waals surface area contributed by atoms with Crippen LogP contribution in [0.5, 0.6) is 5.75 Å². The normalized spacial score (nSPS) is 16.4. The van der Waals surface area contributed by atoms with Gasteiger partial charge in [0.05, 0.1) is 18.7 Å². The zero-order valence-electron chi connectivity index (χ0n) is 11.2. The molecular weight excluding hydrogens is 278 g/mol. The van der Waals surface area contributed by atoms with Crippen LogP contribution in [0.25, 0.3) is 0 Å². The maximum Gasteiger partial charge on any atom is 0.244 e. The molecule has 1 fully saturated rings. The van der Waals surface area contributed by atoms with Crippen LogP contribution in [0.1, 0.15) is 18.4 Å². The van der Waals surface area contributed by atoms with Gasteiger partial charge in [-0.25, -0.2) is 13.1 Å². The van der Waals surface area contributed by atoms with Crippen LogP contribution in [0.15, 0.2) is 23.1 Å². The average molecular weight is 295 g/mol. The van der Waals surface area contributed by atoms with Crippen molar-refractivity contribution in [3.63, 3.8) is 0 Å². The summed E-state index contributed by atoms with van der Waals surface area (Å²) in [6.07, 6.45) is 2.12. The lowest BCUT2D eigenvalue weighted by molar-refractivity contribution is 0.402. The predicted octanol–water partition coefficient (Wildman–Crippen LogP) is 0.582. The van der Waals surface area contributed by atoms with E-state index in [0.717, 1.165) is 12.8 Å². The summed E-state index contributed by atoms with van der Waals surface area (Å²) in [5.74, 6) is 0.567. The summed E-state index contributed by atoms with van der Waals surface area (Å²) in [5, 5.41) is 8.81. The number of hydrogen-bond donors (Lipinski definition) is 2. The Morgan fingerprint density at radius 3 is 2.80 bits per heavy atom. The first-order chi connectivity index (χ1) is 9.47. The Labute approximate surface area is 118 Å². The first kappa shape index (κ1) is 14.8. The number of hydrogen-bond acceptors (Lipinski definition) is 5. The van der Waals surface area contributed by atoms with Crippen LogP contribution in [0.2, 0.25) is 0 Å². The van der Waals surface area contributed by atoms with Gasteiger partial charge in [0.15, 0.2) is 0 Å². The second kappa shape index (κ2) is 5.79. The van der Waals surface area contributed by atoms with Crippen molar-refractivity contribution in [2.75, 3.05) is 13.7 Å². The maximum atomic E-state index is 12.2. The topological polar surface area (TPSA) is 105 Å². The molecule has 0 bridgehead atoms. The number of ether oxygens (including phenoxy) is 1. The molecule has 2 rings (SSSR count). The van der Waals surface area contributed by atoms with Crippen molar-refractivity contribution < 1.29 is 13.2 Å². The largest absolute Gasteiger partial charge is 0.495 e. The molecule has 1 unspecified atom stereocenters. The molecule has 0 aliphatic heterocycles. The van der Waals surface area contributed by atoms with Crippen LogP contribution < -0.4 is 15.2 Å². The van der Waals surface area contributed by atoms with E-state index in [1.807, 2.05) is 6.07 Å². The van der Waals surface area contributed by atoms with E-state index in [4.69, 9.17) is 15.7 Å². The lowest BCUT2D eigenvalue weighted by Crippen LogP contribution is -2.38. The number of benzene rings is 1. The molecule has 0 radical (unpaired) electrons. The third-order valence-corrected chi connectivity index (χ3v) is 4.78. The SMILES string of the molecule is COc1cc(C#N)ccc1S(=O)(=O)NCC(N)C1CC1. The van der Waals surface area contributed by atoms with Gasteiger partial charge >= 0.3 is 0 Å². The van der Waals surface area contributed by atoms with Crippen molar-refractivity contribution >= 4 is 10.0 Å². The minimum absolute atomic E-state index is 0.0157. The number of rotatable bonds is 6. The summed E-state index contributed by atoms with van der Waals surface area (Å²) in [6, 6.07) is 5.98. The minimum Gasteiger partial charge on any atom is -0.495 e. The summed E-state index contributed by atoms with van der Waals surface area (Å²) in [7, 11) is -2.33. The standard InChI is InChI=1S/C13H17N3O3S/c1-19-12-6-9(7-14)2-5-13(12)20(17,18)16-8-11(15)10-3-4-10/h2,5-6,10-11,16H,3-4,8,15H2,1H3. The van der Waals surface area contributed by atoms with Crippen molar-refractivity contribution in [3.05, 3.63) is 23.8 Å². The highest BCUT2D eigenvalue weighted by atomic mass is 32.2. The molecule has 0 spiro atoms. The Morgan fingerprint density at radius 2 is 2.25 bits per heavy atom. The fraction of sp³-hybridized carbons (Fsp3) is 0.462. The van der Waals surface area contributed by atoms with E-state index in [2.05, 4.69) is 4.72 Å². The van der Waals surface area contributed by atoms with E-state index >= 15 is 0 Å². The van der Waals surface area contributed by atoms with Crippen molar-refractivity contribution in [1.82, 2.24) is 4.72 Å². The first-order valence-electron chi connectivity index (χ1n) is 6.31. The molecule has 1 aliphatic rings. The van der Waals surface area contributed by atoms with Gasteiger partial charge in [-0.1, -0.05) is 0 Å². The Bertz CT molecular complexity index is 633. The van der Waals surface area contributed by atoms with Crippen LogP contribution in [0.3, 0.4) is 0 Å². The van der Waals surface area contributed by atoms with Gasteiger partial charge in [0.25, 0.3) is 0 Å². The lowest BCUT2D eigenvalue weighted by Gasteiger charge is -2.14. The molecule has 0 aromatic heterocycles. The first-order valence-corrected chi connectivity index (χ1v) is 7.79. The number of nitrogens with two attached hydrogens (primary N) is 1. The highest BCUT2D eigenvalue weighted by Gasteiger charge is 2.30. The smallest absolute Gasteiger partial charge is 0.244 e. The third-order valence-electron chi connectivity index (χ3n) is 3.32. The highest BCUT2D eigenvalue weighted by Crippen LogP contribution is 2.31. The molecule has 1 aliphatic carbocycles. The number of sulfonamides is 1. The van der Waals surface area contributed by atoms with Crippen LogP contribution in [-0.2, 0) is 10.0 Å². The minimum atomic E-state index is -3.69. The molecule has 3 N–H and O–H groups in total. The van der Waals surface area contributed by atoms with Gasteiger partial charge in [0, 0.05) is 12.6 Å². The molecule has 20 heavy (non-hydrogen) atoms. The number of methoxy groups -OCH3 is 1. The molecule has 1 atom stereocenters. The van der Waals surface area contributed by atoms with Gasteiger partial charge in [0.2, 0.25) is 10.0 Å². The van der Waals surface area contributed by atoms with Gasteiger partial charge in [-0.3, -0.25) is 0 Å².